The van der Waals surface area contributed by atoms with Gasteiger partial charge in [0.1, 0.15) is 0 Å². The van der Waals surface area contributed by atoms with Crippen LogP contribution in [0.5, 0.6) is 0 Å². The molecule has 0 aromatic heterocycles. The molecule has 3 rings (SSSR count). The summed E-state index contributed by atoms with van der Waals surface area (Å²) in [5.41, 5.74) is 0. The monoisotopic (exact) mass is 466 g/mol. The van der Waals surface area contributed by atoms with Gasteiger partial charge in [0.15, 0.2) is 5.96 Å². The zero-order valence-electron chi connectivity index (χ0n) is 15.4. The number of nitrogens with zero attached hydrogens (tertiary/aromatic N) is 3. The molecule has 3 fully saturated rings. The minimum Gasteiger partial charge on any atom is -0.356 e. The molecule has 4 nitrogen and oxygen atoms in total. The standard InChI is InChI=1S/C18H34N4S.HI/c1-19-17(20-14-16-6-10-21(2)11-7-16)22-12-13-23-18(15-22)8-4-3-5-9-18;/h16H,3-15H2,1-2H3,(H,19,20);1H. The van der Waals surface area contributed by atoms with E-state index in [0.717, 1.165) is 25.0 Å². The average molecular weight is 466 g/mol. The quantitative estimate of drug-likeness (QED) is 0.385. The second-order valence-electron chi connectivity index (χ2n) is 7.69. The molecule has 0 unspecified atom stereocenters. The van der Waals surface area contributed by atoms with E-state index < -0.39 is 0 Å². The van der Waals surface area contributed by atoms with Crippen molar-refractivity contribution >= 4 is 41.7 Å². The highest BCUT2D eigenvalue weighted by Crippen LogP contribution is 2.42. The van der Waals surface area contributed by atoms with Gasteiger partial charge in [-0.05, 0) is 51.7 Å². The summed E-state index contributed by atoms with van der Waals surface area (Å²) < 4.78 is 0.516. The fourth-order valence-electron chi connectivity index (χ4n) is 4.36. The minimum atomic E-state index is 0. The van der Waals surface area contributed by atoms with Crippen LogP contribution >= 0.6 is 35.7 Å². The zero-order chi connectivity index (χ0) is 16.1. The largest absolute Gasteiger partial charge is 0.356 e. The number of likely N-dealkylation sites (tertiary alicyclic amines) is 1. The van der Waals surface area contributed by atoms with E-state index in [1.807, 2.05) is 7.05 Å². The van der Waals surface area contributed by atoms with Crippen molar-refractivity contribution in [3.63, 3.8) is 0 Å². The Kier molecular flexibility index (Phi) is 8.47. The van der Waals surface area contributed by atoms with Gasteiger partial charge in [-0.15, -0.1) is 24.0 Å². The molecule has 1 aliphatic carbocycles. The third-order valence-electron chi connectivity index (χ3n) is 5.91. The Labute approximate surface area is 169 Å². The topological polar surface area (TPSA) is 30.9 Å². The lowest BCUT2D eigenvalue weighted by Crippen LogP contribution is -2.54. The first-order valence-electron chi connectivity index (χ1n) is 9.49. The van der Waals surface area contributed by atoms with E-state index in [0.29, 0.717) is 4.75 Å². The number of rotatable bonds is 2. The van der Waals surface area contributed by atoms with Crippen LogP contribution in [0.2, 0.25) is 0 Å². The van der Waals surface area contributed by atoms with Crippen molar-refractivity contribution in [1.29, 1.82) is 0 Å². The number of halogens is 1. The Morgan fingerprint density at radius 1 is 1.17 bits per heavy atom. The molecule has 0 atom stereocenters. The first-order valence-corrected chi connectivity index (χ1v) is 10.5. The summed E-state index contributed by atoms with van der Waals surface area (Å²) in [5.74, 6) is 3.22. The molecule has 2 aliphatic heterocycles. The van der Waals surface area contributed by atoms with Crippen LogP contribution in [0.15, 0.2) is 4.99 Å². The minimum absolute atomic E-state index is 0. The van der Waals surface area contributed by atoms with Gasteiger partial charge in [-0.2, -0.15) is 11.8 Å². The van der Waals surface area contributed by atoms with E-state index >= 15 is 0 Å². The van der Waals surface area contributed by atoms with E-state index in [1.54, 1.807) is 0 Å². The summed E-state index contributed by atoms with van der Waals surface area (Å²) in [6, 6.07) is 0. The summed E-state index contributed by atoms with van der Waals surface area (Å²) in [6.07, 6.45) is 9.72. The van der Waals surface area contributed by atoms with E-state index in [4.69, 9.17) is 0 Å². The Hall–Kier alpha value is 0.310. The lowest BCUT2D eigenvalue weighted by atomic mass is 9.87. The normalized spacial score (nSPS) is 26.2. The third kappa shape index (κ3) is 5.40. The lowest BCUT2D eigenvalue weighted by Gasteiger charge is -2.45. The van der Waals surface area contributed by atoms with Crippen LogP contribution < -0.4 is 5.32 Å². The smallest absolute Gasteiger partial charge is 0.193 e. The Morgan fingerprint density at radius 3 is 2.54 bits per heavy atom. The van der Waals surface area contributed by atoms with Crippen molar-refractivity contribution in [3.8, 4) is 0 Å². The van der Waals surface area contributed by atoms with E-state index in [-0.39, 0.29) is 24.0 Å². The molecule has 0 aromatic rings. The van der Waals surface area contributed by atoms with Crippen LogP contribution in [0.1, 0.15) is 44.9 Å². The molecular formula is C18H35IN4S. The molecule has 3 aliphatic rings. The maximum absolute atomic E-state index is 4.60. The van der Waals surface area contributed by atoms with Crippen LogP contribution in [0, 0.1) is 5.92 Å². The highest BCUT2D eigenvalue weighted by Gasteiger charge is 2.38. The molecular weight excluding hydrogens is 431 g/mol. The van der Waals surface area contributed by atoms with Crippen molar-refractivity contribution in [2.75, 3.05) is 52.6 Å². The van der Waals surface area contributed by atoms with E-state index in [9.17, 15) is 0 Å². The number of thioether (sulfide) groups is 1. The predicted molar refractivity (Wildman–Crippen MR) is 117 cm³/mol. The van der Waals surface area contributed by atoms with Crippen molar-refractivity contribution in [2.45, 2.75) is 49.7 Å². The van der Waals surface area contributed by atoms with Crippen molar-refractivity contribution in [1.82, 2.24) is 15.1 Å². The molecule has 1 saturated carbocycles. The molecule has 0 radical (unpaired) electrons. The number of nitrogens with one attached hydrogen (secondary N) is 1. The van der Waals surface area contributed by atoms with Gasteiger partial charge in [0.05, 0.1) is 0 Å². The predicted octanol–water partition coefficient (Wildman–Crippen LogP) is 3.27. The van der Waals surface area contributed by atoms with E-state index in [1.165, 1.54) is 70.3 Å². The highest BCUT2D eigenvalue weighted by atomic mass is 127. The zero-order valence-corrected chi connectivity index (χ0v) is 18.6. The van der Waals surface area contributed by atoms with Crippen LogP contribution in [0.25, 0.3) is 0 Å². The molecule has 0 bridgehead atoms. The molecule has 0 aromatic carbocycles. The fraction of sp³-hybridized carbons (Fsp3) is 0.944. The SMILES string of the molecule is CN=C(NCC1CCN(C)CC1)N1CCSC2(CCCCC2)C1.I. The van der Waals surface area contributed by atoms with Gasteiger partial charge in [-0.25, -0.2) is 0 Å². The summed E-state index contributed by atoms with van der Waals surface area (Å²) in [6.45, 7) is 5.93. The van der Waals surface area contributed by atoms with Crippen LogP contribution in [0.3, 0.4) is 0 Å². The number of piperidine rings is 1. The number of hydrogen-bond donors (Lipinski definition) is 1. The maximum atomic E-state index is 4.60. The fourth-order valence-corrected chi connectivity index (χ4v) is 5.93. The molecule has 1 spiro atoms. The molecule has 0 amide bonds. The molecule has 6 heteroatoms. The Balaban J connectivity index is 0.00000208. The van der Waals surface area contributed by atoms with Gasteiger partial charge in [-0.1, -0.05) is 19.3 Å². The molecule has 24 heavy (non-hydrogen) atoms. The van der Waals surface area contributed by atoms with Gasteiger partial charge in [0, 0.05) is 37.2 Å². The third-order valence-corrected chi connectivity index (χ3v) is 7.45. The van der Waals surface area contributed by atoms with Gasteiger partial charge < -0.3 is 15.1 Å². The van der Waals surface area contributed by atoms with Gasteiger partial charge in [0.25, 0.3) is 0 Å². The van der Waals surface area contributed by atoms with Crippen molar-refractivity contribution in [3.05, 3.63) is 0 Å². The first-order chi connectivity index (χ1) is 11.2. The van der Waals surface area contributed by atoms with Gasteiger partial charge in [0.2, 0.25) is 0 Å². The Morgan fingerprint density at radius 2 is 1.88 bits per heavy atom. The van der Waals surface area contributed by atoms with Gasteiger partial charge >= 0.3 is 0 Å². The highest BCUT2D eigenvalue weighted by molar-refractivity contribution is 14.0. The molecule has 140 valence electrons. The molecule has 2 heterocycles. The van der Waals surface area contributed by atoms with Crippen LogP contribution in [-0.2, 0) is 0 Å². The molecule has 1 N–H and O–H groups in total. The van der Waals surface area contributed by atoms with Crippen LogP contribution in [-0.4, -0.2) is 73.1 Å². The van der Waals surface area contributed by atoms with Crippen molar-refractivity contribution < 1.29 is 0 Å². The lowest BCUT2D eigenvalue weighted by molar-refractivity contribution is 0.218. The summed E-state index contributed by atoms with van der Waals surface area (Å²) in [4.78, 5) is 9.58. The second-order valence-corrected chi connectivity index (χ2v) is 9.25. The number of guanidine groups is 1. The maximum Gasteiger partial charge on any atom is 0.193 e. The first kappa shape index (κ1) is 20.6. The summed E-state index contributed by atoms with van der Waals surface area (Å²) in [5, 5.41) is 3.69. The molecule has 2 saturated heterocycles. The number of aliphatic imine (C=N–C) groups is 1. The second kappa shape index (κ2) is 9.86. The van der Waals surface area contributed by atoms with Crippen LogP contribution in [0.4, 0.5) is 0 Å². The Bertz CT molecular complexity index is 398. The number of hydrogen-bond acceptors (Lipinski definition) is 3. The summed E-state index contributed by atoms with van der Waals surface area (Å²) in [7, 11) is 4.18. The van der Waals surface area contributed by atoms with E-state index in [2.05, 4.69) is 38.9 Å². The van der Waals surface area contributed by atoms with Gasteiger partial charge in [-0.3, -0.25) is 4.99 Å². The average Bonchev–Trinajstić information content (AvgIpc) is 2.58. The van der Waals surface area contributed by atoms with Crippen molar-refractivity contribution in [2.24, 2.45) is 10.9 Å². The summed E-state index contributed by atoms with van der Waals surface area (Å²) >= 11 is 2.23.